The Kier molecular flexibility index (Phi) is 4.09. The smallest absolute Gasteiger partial charge is 0.165 e. The quantitative estimate of drug-likeness (QED) is 0.576. The SMILES string of the molecule is OCc1cccc(-c2cnn3ccc(Nc4cccc(Cl)c4)nc23)c1. The van der Waals surface area contributed by atoms with Gasteiger partial charge in [-0.1, -0.05) is 35.9 Å². The first kappa shape index (κ1) is 15.6. The van der Waals surface area contributed by atoms with Crippen molar-refractivity contribution in [3.63, 3.8) is 0 Å². The molecule has 124 valence electrons. The predicted molar refractivity (Wildman–Crippen MR) is 99.1 cm³/mol. The number of nitrogens with zero attached hydrogens (tertiary/aromatic N) is 3. The van der Waals surface area contributed by atoms with E-state index in [2.05, 4.69) is 15.4 Å². The minimum atomic E-state index is 0.00204. The van der Waals surface area contributed by atoms with Gasteiger partial charge in [-0.15, -0.1) is 0 Å². The van der Waals surface area contributed by atoms with Gasteiger partial charge < -0.3 is 10.4 Å². The van der Waals surface area contributed by atoms with E-state index in [0.717, 1.165) is 28.0 Å². The van der Waals surface area contributed by atoms with Gasteiger partial charge in [-0.05, 0) is 41.5 Å². The Morgan fingerprint density at radius 2 is 1.96 bits per heavy atom. The molecule has 4 aromatic rings. The molecule has 5 nitrogen and oxygen atoms in total. The number of rotatable bonds is 4. The second-order valence-corrected chi connectivity index (χ2v) is 6.07. The highest BCUT2D eigenvalue weighted by atomic mass is 35.5. The van der Waals surface area contributed by atoms with Crippen LogP contribution in [-0.4, -0.2) is 19.7 Å². The molecule has 2 heterocycles. The van der Waals surface area contributed by atoms with Crippen LogP contribution in [0.3, 0.4) is 0 Å². The van der Waals surface area contributed by atoms with E-state index in [1.54, 1.807) is 10.7 Å². The number of halogens is 1. The molecule has 0 radical (unpaired) electrons. The Hall–Kier alpha value is -2.89. The fourth-order valence-electron chi connectivity index (χ4n) is 2.69. The first-order valence-corrected chi connectivity index (χ1v) is 8.18. The summed E-state index contributed by atoms with van der Waals surface area (Å²) < 4.78 is 1.73. The van der Waals surface area contributed by atoms with Crippen LogP contribution < -0.4 is 5.32 Å². The monoisotopic (exact) mass is 350 g/mol. The number of hydrogen-bond donors (Lipinski definition) is 2. The maximum atomic E-state index is 9.35. The summed E-state index contributed by atoms with van der Waals surface area (Å²) in [6.45, 7) is 0.00204. The van der Waals surface area contributed by atoms with Crippen LogP contribution >= 0.6 is 11.6 Å². The third-order valence-electron chi connectivity index (χ3n) is 3.89. The second kappa shape index (κ2) is 6.55. The Balaban J connectivity index is 1.74. The first-order chi connectivity index (χ1) is 12.2. The molecule has 2 aromatic heterocycles. The van der Waals surface area contributed by atoms with Gasteiger partial charge in [0.05, 0.1) is 12.8 Å². The van der Waals surface area contributed by atoms with E-state index in [4.69, 9.17) is 11.6 Å². The standard InChI is InChI=1S/C19H15ClN4O/c20-15-5-2-6-16(10-15)22-18-7-8-24-19(23-18)17(11-21-24)14-4-1-3-13(9-14)12-25/h1-11,25H,12H2,(H,22,23). The van der Waals surface area contributed by atoms with Crippen LogP contribution in [0, 0.1) is 0 Å². The zero-order chi connectivity index (χ0) is 17.2. The molecule has 0 spiro atoms. The van der Waals surface area contributed by atoms with E-state index in [9.17, 15) is 5.11 Å². The molecule has 0 unspecified atom stereocenters. The Labute approximate surface area is 149 Å². The number of anilines is 2. The van der Waals surface area contributed by atoms with Gasteiger partial charge in [0.25, 0.3) is 0 Å². The van der Waals surface area contributed by atoms with Gasteiger partial charge in [0.1, 0.15) is 5.82 Å². The molecule has 0 saturated heterocycles. The van der Waals surface area contributed by atoms with E-state index < -0.39 is 0 Å². The summed E-state index contributed by atoms with van der Waals surface area (Å²) in [6, 6.07) is 17.1. The summed E-state index contributed by atoms with van der Waals surface area (Å²) in [6.07, 6.45) is 3.64. The van der Waals surface area contributed by atoms with Crippen LogP contribution in [0.25, 0.3) is 16.8 Å². The minimum Gasteiger partial charge on any atom is -0.392 e. The Morgan fingerprint density at radius 1 is 1.08 bits per heavy atom. The van der Waals surface area contributed by atoms with Crippen LogP contribution in [0.1, 0.15) is 5.56 Å². The van der Waals surface area contributed by atoms with Crippen molar-refractivity contribution in [2.45, 2.75) is 6.61 Å². The van der Waals surface area contributed by atoms with Crippen molar-refractivity contribution in [3.05, 3.63) is 77.6 Å². The van der Waals surface area contributed by atoms with E-state index in [0.29, 0.717) is 10.8 Å². The molecule has 0 amide bonds. The maximum absolute atomic E-state index is 9.35. The van der Waals surface area contributed by atoms with Gasteiger partial charge in [0.15, 0.2) is 5.65 Å². The molecule has 25 heavy (non-hydrogen) atoms. The van der Waals surface area contributed by atoms with Crippen LogP contribution in [0.2, 0.25) is 5.02 Å². The van der Waals surface area contributed by atoms with Crippen molar-refractivity contribution in [1.82, 2.24) is 14.6 Å². The molecule has 0 saturated carbocycles. The molecular formula is C19H15ClN4O. The zero-order valence-corrected chi connectivity index (χ0v) is 14.0. The fraction of sp³-hybridized carbons (Fsp3) is 0.0526. The molecule has 0 aliphatic heterocycles. The van der Waals surface area contributed by atoms with E-state index in [1.807, 2.05) is 60.8 Å². The van der Waals surface area contributed by atoms with Crippen molar-refractivity contribution in [3.8, 4) is 11.1 Å². The molecule has 2 N–H and O–H groups in total. The maximum Gasteiger partial charge on any atom is 0.165 e. The summed E-state index contributed by atoms with van der Waals surface area (Å²) in [5.74, 6) is 0.704. The summed E-state index contributed by atoms with van der Waals surface area (Å²) in [7, 11) is 0. The van der Waals surface area contributed by atoms with Gasteiger partial charge in [0.2, 0.25) is 0 Å². The number of hydrogen-bond acceptors (Lipinski definition) is 4. The number of fused-ring (bicyclic) bond motifs is 1. The lowest BCUT2D eigenvalue weighted by Gasteiger charge is -2.07. The third kappa shape index (κ3) is 3.20. The lowest BCUT2D eigenvalue weighted by atomic mass is 10.1. The largest absolute Gasteiger partial charge is 0.392 e. The zero-order valence-electron chi connectivity index (χ0n) is 13.2. The molecular weight excluding hydrogens is 336 g/mol. The van der Waals surface area contributed by atoms with Gasteiger partial charge in [-0.25, -0.2) is 9.50 Å². The molecule has 6 heteroatoms. The summed E-state index contributed by atoms with van der Waals surface area (Å²) >= 11 is 6.03. The van der Waals surface area contributed by atoms with Crippen molar-refractivity contribution in [2.75, 3.05) is 5.32 Å². The van der Waals surface area contributed by atoms with Gasteiger partial charge in [-0.2, -0.15) is 5.10 Å². The fourth-order valence-corrected chi connectivity index (χ4v) is 2.88. The Bertz CT molecular complexity index is 1040. The topological polar surface area (TPSA) is 62.5 Å². The lowest BCUT2D eigenvalue weighted by Crippen LogP contribution is -1.97. The molecule has 0 aliphatic rings. The van der Waals surface area contributed by atoms with Crippen molar-refractivity contribution in [2.24, 2.45) is 0 Å². The highest BCUT2D eigenvalue weighted by Crippen LogP contribution is 2.26. The number of nitrogens with one attached hydrogen (secondary N) is 1. The normalized spacial score (nSPS) is 11.0. The number of aliphatic hydroxyl groups excluding tert-OH is 1. The second-order valence-electron chi connectivity index (χ2n) is 5.63. The molecule has 4 rings (SSSR count). The Morgan fingerprint density at radius 3 is 2.80 bits per heavy atom. The average molecular weight is 351 g/mol. The number of aliphatic hydroxyl groups is 1. The first-order valence-electron chi connectivity index (χ1n) is 7.80. The number of benzene rings is 2. The van der Waals surface area contributed by atoms with E-state index in [1.165, 1.54) is 0 Å². The summed E-state index contributed by atoms with van der Waals surface area (Å²) in [5.41, 5.74) is 4.33. The molecule has 0 atom stereocenters. The van der Waals surface area contributed by atoms with Crippen LogP contribution in [0.4, 0.5) is 11.5 Å². The minimum absolute atomic E-state index is 0.00204. The van der Waals surface area contributed by atoms with Crippen LogP contribution in [0.15, 0.2) is 67.0 Å². The van der Waals surface area contributed by atoms with Crippen LogP contribution in [0.5, 0.6) is 0 Å². The average Bonchev–Trinajstić information content (AvgIpc) is 3.05. The summed E-state index contributed by atoms with van der Waals surface area (Å²) in [4.78, 5) is 4.68. The van der Waals surface area contributed by atoms with Gasteiger partial charge in [-0.3, -0.25) is 0 Å². The predicted octanol–water partition coefficient (Wildman–Crippen LogP) is 4.29. The van der Waals surface area contributed by atoms with E-state index >= 15 is 0 Å². The van der Waals surface area contributed by atoms with Crippen molar-refractivity contribution >= 4 is 28.8 Å². The van der Waals surface area contributed by atoms with Crippen molar-refractivity contribution in [1.29, 1.82) is 0 Å². The third-order valence-corrected chi connectivity index (χ3v) is 4.12. The molecule has 0 aliphatic carbocycles. The highest BCUT2D eigenvalue weighted by Gasteiger charge is 2.10. The van der Waals surface area contributed by atoms with E-state index in [-0.39, 0.29) is 6.61 Å². The summed E-state index contributed by atoms with van der Waals surface area (Å²) in [5, 5.41) is 17.6. The lowest BCUT2D eigenvalue weighted by molar-refractivity contribution is 0.282. The molecule has 0 bridgehead atoms. The molecule has 2 aromatic carbocycles. The van der Waals surface area contributed by atoms with Gasteiger partial charge >= 0.3 is 0 Å². The van der Waals surface area contributed by atoms with Gasteiger partial charge in [0, 0.05) is 22.5 Å². The highest BCUT2D eigenvalue weighted by molar-refractivity contribution is 6.30. The van der Waals surface area contributed by atoms with Crippen molar-refractivity contribution < 1.29 is 5.11 Å². The molecule has 0 fully saturated rings. The van der Waals surface area contributed by atoms with Crippen LogP contribution in [-0.2, 0) is 6.61 Å². The number of aromatic nitrogens is 3.